The zero-order valence-electron chi connectivity index (χ0n) is 18.0. The van der Waals surface area contributed by atoms with Gasteiger partial charge in [-0.15, -0.1) is 40.0 Å². The van der Waals surface area contributed by atoms with E-state index in [9.17, 15) is 19.5 Å². The van der Waals surface area contributed by atoms with Crippen molar-refractivity contribution in [3.8, 4) is 0 Å². The number of rotatable bonds is 9. The monoisotopic (exact) mass is 540 g/mol. The first-order valence-electron chi connectivity index (χ1n) is 9.91. The Balaban J connectivity index is 1.49. The zero-order chi connectivity index (χ0) is 24.4. The molecule has 1 unspecified atom stereocenters. The van der Waals surface area contributed by atoms with Crippen LogP contribution in [0.15, 0.2) is 27.2 Å². The minimum absolute atomic E-state index is 0.0496. The highest BCUT2D eigenvalue weighted by molar-refractivity contribution is 8.02. The molecule has 0 radical (unpaired) electrons. The summed E-state index contributed by atoms with van der Waals surface area (Å²) in [5, 5.41) is 27.5. The summed E-state index contributed by atoms with van der Waals surface area (Å²) in [6, 6.07) is -0.838. The summed E-state index contributed by atoms with van der Waals surface area (Å²) in [7, 11) is 1.69. The molecule has 16 heteroatoms. The molecule has 4 N–H and O–H groups in total. The summed E-state index contributed by atoms with van der Waals surface area (Å²) >= 11 is 5.35. The molecule has 4 rings (SSSR count). The van der Waals surface area contributed by atoms with Gasteiger partial charge >= 0.3 is 5.97 Å². The number of nitrogens with one attached hydrogen (secondary N) is 1. The van der Waals surface area contributed by atoms with E-state index in [0.717, 1.165) is 5.75 Å². The Morgan fingerprint density at radius 1 is 1.44 bits per heavy atom. The molecule has 4 heterocycles. The minimum atomic E-state index is -1.19. The predicted molar refractivity (Wildman–Crippen MR) is 132 cm³/mol. The van der Waals surface area contributed by atoms with Crippen LogP contribution in [0, 0.1) is 0 Å². The number of thioether (sulfide) groups is 3. The second kappa shape index (κ2) is 10.4. The van der Waals surface area contributed by atoms with Crippen LogP contribution >= 0.6 is 46.6 Å². The first-order chi connectivity index (χ1) is 16.3. The molecule has 2 amide bonds. The molecule has 0 aromatic carbocycles. The Morgan fingerprint density at radius 3 is 2.85 bits per heavy atom. The van der Waals surface area contributed by atoms with Gasteiger partial charge in [0.1, 0.15) is 17.1 Å². The highest BCUT2D eigenvalue weighted by atomic mass is 32.2. The van der Waals surface area contributed by atoms with E-state index in [4.69, 9.17) is 5.73 Å². The van der Waals surface area contributed by atoms with E-state index in [-0.39, 0.29) is 5.70 Å². The SMILES string of the molecule is CCSC=C(C(=O)NC1C(=O)N2C(C(=O)O)=C(CSc3nnnn3C)CS[C@@H]12)c1csc(N)n1. The standard InChI is InChI=1S/C18H20N8O4S4/c1-3-31-6-9(10-7-33-17(19)20-10)13(27)21-11-14(28)26-12(16(29)30)8(4-32-15(11)26)5-34-18-22-23-24-25(18)2/h6-7,11,15H,3-5H2,1-2H3,(H2,19,20)(H,21,27)(H,29,30)/t11?,15-/m0/s1. The molecule has 1 saturated heterocycles. The topological polar surface area (TPSA) is 169 Å². The number of hydrogen-bond acceptors (Lipinski definition) is 12. The van der Waals surface area contributed by atoms with E-state index in [0.29, 0.717) is 38.6 Å². The Bertz CT molecular complexity index is 1190. The van der Waals surface area contributed by atoms with E-state index in [1.165, 1.54) is 56.2 Å². The Kier molecular flexibility index (Phi) is 7.49. The molecular formula is C18H20N8O4S4. The molecule has 1 fully saturated rings. The molecule has 0 spiro atoms. The summed E-state index contributed by atoms with van der Waals surface area (Å²) in [5.41, 5.74) is 7.01. The first kappa shape index (κ1) is 24.6. The molecule has 2 aromatic rings. The summed E-state index contributed by atoms with van der Waals surface area (Å²) in [5.74, 6) is -0.635. The maximum absolute atomic E-state index is 13.0. The lowest BCUT2D eigenvalue weighted by Gasteiger charge is -2.49. The smallest absolute Gasteiger partial charge is 0.352 e. The van der Waals surface area contributed by atoms with Crippen LogP contribution in [0.1, 0.15) is 12.6 Å². The third-order valence-corrected chi connectivity index (χ3v) is 8.75. The van der Waals surface area contributed by atoms with Crippen LogP contribution in [0.5, 0.6) is 0 Å². The van der Waals surface area contributed by atoms with Crippen LogP contribution in [0.25, 0.3) is 5.57 Å². The molecule has 2 aromatic heterocycles. The Morgan fingerprint density at radius 2 is 2.24 bits per heavy atom. The first-order valence-corrected chi connectivity index (χ1v) is 13.9. The number of aromatic nitrogens is 5. The van der Waals surface area contributed by atoms with Gasteiger partial charge in [-0.25, -0.2) is 14.5 Å². The van der Waals surface area contributed by atoms with Gasteiger partial charge in [0.25, 0.3) is 11.8 Å². The fraction of sp³-hybridized carbons (Fsp3) is 0.389. The van der Waals surface area contributed by atoms with Crippen LogP contribution in [-0.2, 0) is 21.4 Å². The van der Waals surface area contributed by atoms with Crippen molar-refractivity contribution >= 4 is 75.1 Å². The van der Waals surface area contributed by atoms with Crippen molar-refractivity contribution in [1.29, 1.82) is 0 Å². The van der Waals surface area contributed by atoms with Crippen molar-refractivity contribution in [3.63, 3.8) is 0 Å². The van der Waals surface area contributed by atoms with Crippen molar-refractivity contribution in [2.45, 2.75) is 23.5 Å². The number of aliphatic carboxylic acids is 1. The lowest BCUT2D eigenvalue weighted by atomic mass is 10.0. The Labute approximate surface area is 210 Å². The molecule has 0 bridgehead atoms. The van der Waals surface area contributed by atoms with E-state index in [2.05, 4.69) is 25.8 Å². The van der Waals surface area contributed by atoms with Crippen molar-refractivity contribution < 1.29 is 19.5 Å². The minimum Gasteiger partial charge on any atom is -0.477 e. The average Bonchev–Trinajstić information content (AvgIpc) is 3.43. The third kappa shape index (κ3) is 4.80. The normalized spacial score (nSPS) is 20.2. The molecule has 0 aliphatic carbocycles. The van der Waals surface area contributed by atoms with Crippen LogP contribution in [-0.4, -0.2) is 81.7 Å². The lowest BCUT2D eigenvalue weighted by Crippen LogP contribution is -2.70. The molecule has 180 valence electrons. The highest BCUT2D eigenvalue weighted by Gasteiger charge is 2.54. The number of thiazole rings is 1. The van der Waals surface area contributed by atoms with Crippen molar-refractivity contribution in [2.75, 3.05) is 23.0 Å². The molecule has 12 nitrogen and oxygen atoms in total. The largest absolute Gasteiger partial charge is 0.477 e. The van der Waals surface area contributed by atoms with Gasteiger partial charge in [0.05, 0.1) is 11.3 Å². The van der Waals surface area contributed by atoms with E-state index < -0.39 is 29.2 Å². The number of β-lactam (4-membered cyclic amide) rings is 1. The number of carbonyl (C=O) groups excluding carboxylic acids is 2. The van der Waals surface area contributed by atoms with E-state index >= 15 is 0 Å². The molecule has 34 heavy (non-hydrogen) atoms. The number of nitrogen functional groups attached to an aromatic ring is 1. The predicted octanol–water partition coefficient (Wildman–Crippen LogP) is 0.874. The number of amides is 2. The molecule has 2 atom stereocenters. The number of anilines is 1. The summed E-state index contributed by atoms with van der Waals surface area (Å²) in [4.78, 5) is 43.4. The number of carboxylic acid groups (broad SMARTS) is 1. The van der Waals surface area contributed by atoms with Crippen molar-refractivity contribution in [3.05, 3.63) is 27.8 Å². The Hall–Kier alpha value is -2.56. The van der Waals surface area contributed by atoms with Gasteiger partial charge in [-0.1, -0.05) is 18.7 Å². The van der Waals surface area contributed by atoms with E-state index in [1.54, 1.807) is 17.8 Å². The van der Waals surface area contributed by atoms with Gasteiger partial charge < -0.3 is 16.2 Å². The molecular weight excluding hydrogens is 521 g/mol. The maximum Gasteiger partial charge on any atom is 0.352 e. The zero-order valence-corrected chi connectivity index (χ0v) is 21.3. The van der Waals surface area contributed by atoms with Crippen molar-refractivity contribution in [2.24, 2.45) is 7.05 Å². The second-order valence-electron chi connectivity index (χ2n) is 7.05. The fourth-order valence-corrected chi connectivity index (χ4v) is 6.78. The van der Waals surface area contributed by atoms with Crippen LogP contribution in [0.2, 0.25) is 0 Å². The average molecular weight is 541 g/mol. The van der Waals surface area contributed by atoms with Gasteiger partial charge in [-0.05, 0) is 27.2 Å². The maximum atomic E-state index is 13.0. The van der Waals surface area contributed by atoms with E-state index in [1.807, 2.05) is 6.92 Å². The van der Waals surface area contributed by atoms with Gasteiger partial charge in [-0.3, -0.25) is 14.5 Å². The van der Waals surface area contributed by atoms with Gasteiger partial charge in [0.2, 0.25) is 5.16 Å². The number of nitrogens with zero attached hydrogens (tertiary/aromatic N) is 6. The number of carboxylic acids is 1. The van der Waals surface area contributed by atoms with Crippen LogP contribution < -0.4 is 11.1 Å². The number of hydrogen-bond donors (Lipinski definition) is 3. The number of tetrazole rings is 1. The number of aryl methyl sites for hydroxylation is 1. The lowest BCUT2D eigenvalue weighted by molar-refractivity contribution is -0.150. The molecule has 2 aliphatic rings. The highest BCUT2D eigenvalue weighted by Crippen LogP contribution is 2.41. The number of fused-ring (bicyclic) bond motifs is 1. The quantitative estimate of drug-likeness (QED) is 0.233. The van der Waals surface area contributed by atoms with Gasteiger partial charge in [0, 0.05) is 23.9 Å². The number of carbonyl (C=O) groups is 3. The van der Waals surface area contributed by atoms with Gasteiger partial charge in [0.15, 0.2) is 5.13 Å². The van der Waals surface area contributed by atoms with Gasteiger partial charge in [-0.2, -0.15) is 0 Å². The van der Waals surface area contributed by atoms with Crippen molar-refractivity contribution in [1.82, 2.24) is 35.4 Å². The summed E-state index contributed by atoms with van der Waals surface area (Å²) < 4.78 is 1.49. The second-order valence-corrected chi connectivity index (χ2v) is 11.1. The molecule has 2 aliphatic heterocycles. The third-order valence-electron chi connectivity index (χ3n) is 4.90. The summed E-state index contributed by atoms with van der Waals surface area (Å²) in [6.45, 7) is 1.95. The van der Waals surface area contributed by atoms with Crippen LogP contribution in [0.3, 0.4) is 0 Å². The number of nitrogens with two attached hydrogens (primary N) is 1. The summed E-state index contributed by atoms with van der Waals surface area (Å²) in [6.07, 6.45) is 0. The van der Waals surface area contributed by atoms with Crippen LogP contribution in [0.4, 0.5) is 5.13 Å². The fourth-order valence-electron chi connectivity index (χ4n) is 3.32. The molecule has 0 saturated carbocycles.